The van der Waals surface area contributed by atoms with Crippen molar-refractivity contribution in [2.24, 2.45) is 0 Å². The van der Waals surface area contributed by atoms with Gasteiger partial charge in [0.2, 0.25) is 5.91 Å². The number of hydrogen-bond donors (Lipinski definition) is 1. The molecular weight excluding hydrogens is 362 g/mol. The van der Waals surface area contributed by atoms with Gasteiger partial charge in [0.05, 0.1) is 12.1 Å². The summed E-state index contributed by atoms with van der Waals surface area (Å²) in [6, 6.07) is 18.1. The molecule has 2 atom stereocenters. The summed E-state index contributed by atoms with van der Waals surface area (Å²) < 4.78 is 5.76. The monoisotopic (exact) mass is 393 g/mol. The van der Waals surface area contributed by atoms with Gasteiger partial charge in [-0.3, -0.25) is 14.6 Å². The predicted octanol–water partition coefficient (Wildman–Crippen LogP) is 3.48. The van der Waals surface area contributed by atoms with Crippen LogP contribution in [0.4, 0.5) is 5.69 Å². The summed E-state index contributed by atoms with van der Waals surface area (Å²) in [5.74, 6) is 0.0564. The molecule has 0 spiro atoms. The number of carbonyl (C=O) groups is 1. The highest BCUT2D eigenvalue weighted by atomic mass is 16.5. The number of benzene rings is 2. The SMILES string of the molecule is C[C@@H](C(=O)Nc1ccccc1-c1ccccc1)N1CCN(C[C@@H]2CCCO2)CC1. The second-order valence-corrected chi connectivity index (χ2v) is 8.05. The predicted molar refractivity (Wildman–Crippen MR) is 117 cm³/mol. The van der Waals surface area contributed by atoms with Gasteiger partial charge in [0, 0.05) is 50.6 Å². The van der Waals surface area contributed by atoms with E-state index in [1.807, 2.05) is 43.3 Å². The van der Waals surface area contributed by atoms with Crippen molar-refractivity contribution in [2.45, 2.75) is 31.9 Å². The lowest BCUT2D eigenvalue weighted by Crippen LogP contribution is -2.53. The first kappa shape index (κ1) is 20.1. The van der Waals surface area contributed by atoms with Gasteiger partial charge in [-0.15, -0.1) is 0 Å². The van der Waals surface area contributed by atoms with Crippen LogP contribution in [0.3, 0.4) is 0 Å². The Morgan fingerprint density at radius 2 is 1.79 bits per heavy atom. The zero-order chi connectivity index (χ0) is 20.1. The minimum atomic E-state index is -0.149. The van der Waals surface area contributed by atoms with Crippen LogP contribution in [-0.4, -0.2) is 67.2 Å². The summed E-state index contributed by atoms with van der Waals surface area (Å²) in [6.45, 7) is 7.78. The van der Waals surface area contributed by atoms with Crippen molar-refractivity contribution in [3.63, 3.8) is 0 Å². The molecule has 2 saturated heterocycles. The highest BCUT2D eigenvalue weighted by molar-refractivity contribution is 5.98. The molecule has 29 heavy (non-hydrogen) atoms. The molecule has 2 aromatic carbocycles. The van der Waals surface area contributed by atoms with Gasteiger partial charge in [0.15, 0.2) is 0 Å². The number of hydrogen-bond acceptors (Lipinski definition) is 4. The van der Waals surface area contributed by atoms with Gasteiger partial charge in [-0.25, -0.2) is 0 Å². The van der Waals surface area contributed by atoms with E-state index in [0.29, 0.717) is 6.10 Å². The molecule has 2 fully saturated rings. The lowest BCUT2D eigenvalue weighted by molar-refractivity contribution is -0.121. The van der Waals surface area contributed by atoms with Crippen molar-refractivity contribution in [2.75, 3.05) is 44.6 Å². The number of carbonyl (C=O) groups excluding carboxylic acids is 1. The molecule has 2 aliphatic heterocycles. The van der Waals surface area contributed by atoms with Crippen LogP contribution in [0.5, 0.6) is 0 Å². The fraction of sp³-hybridized carbons (Fsp3) is 0.458. The van der Waals surface area contributed by atoms with Crippen LogP contribution >= 0.6 is 0 Å². The number of piperazine rings is 1. The first-order valence-corrected chi connectivity index (χ1v) is 10.7. The van der Waals surface area contributed by atoms with Crippen LogP contribution in [0, 0.1) is 0 Å². The number of amides is 1. The van der Waals surface area contributed by atoms with Crippen LogP contribution in [0.2, 0.25) is 0 Å². The lowest BCUT2D eigenvalue weighted by atomic mass is 10.0. The van der Waals surface area contributed by atoms with Gasteiger partial charge in [-0.1, -0.05) is 48.5 Å². The molecule has 1 N–H and O–H groups in total. The quantitative estimate of drug-likeness (QED) is 0.816. The van der Waals surface area contributed by atoms with E-state index < -0.39 is 0 Å². The molecule has 2 aliphatic rings. The smallest absolute Gasteiger partial charge is 0.241 e. The van der Waals surface area contributed by atoms with Crippen molar-refractivity contribution in [3.8, 4) is 11.1 Å². The number of para-hydroxylation sites is 1. The Hall–Kier alpha value is -2.21. The van der Waals surface area contributed by atoms with Gasteiger partial charge in [-0.2, -0.15) is 0 Å². The largest absolute Gasteiger partial charge is 0.377 e. The Kier molecular flexibility index (Phi) is 6.60. The van der Waals surface area contributed by atoms with E-state index in [-0.39, 0.29) is 11.9 Å². The van der Waals surface area contributed by atoms with Crippen LogP contribution in [-0.2, 0) is 9.53 Å². The molecule has 0 aliphatic carbocycles. The van der Waals surface area contributed by atoms with Gasteiger partial charge >= 0.3 is 0 Å². The molecule has 4 rings (SSSR count). The molecule has 5 heteroatoms. The molecule has 154 valence electrons. The Morgan fingerprint density at radius 1 is 1.07 bits per heavy atom. The average molecular weight is 394 g/mol. The minimum absolute atomic E-state index is 0.0564. The van der Waals surface area contributed by atoms with Crippen molar-refractivity contribution in [3.05, 3.63) is 54.6 Å². The zero-order valence-electron chi connectivity index (χ0n) is 17.2. The maximum atomic E-state index is 13.0. The second kappa shape index (κ2) is 9.53. The molecule has 0 radical (unpaired) electrons. The third kappa shape index (κ3) is 5.04. The van der Waals surface area contributed by atoms with Crippen LogP contribution in [0.1, 0.15) is 19.8 Å². The highest BCUT2D eigenvalue weighted by Gasteiger charge is 2.27. The second-order valence-electron chi connectivity index (χ2n) is 8.05. The van der Waals surface area contributed by atoms with Gasteiger partial charge in [0.1, 0.15) is 0 Å². The average Bonchev–Trinajstić information content (AvgIpc) is 3.28. The molecule has 0 bridgehead atoms. The van der Waals surface area contributed by atoms with E-state index in [1.54, 1.807) is 0 Å². The van der Waals surface area contributed by atoms with Crippen molar-refractivity contribution in [1.82, 2.24) is 9.80 Å². The summed E-state index contributed by atoms with van der Waals surface area (Å²) >= 11 is 0. The zero-order valence-corrected chi connectivity index (χ0v) is 17.2. The highest BCUT2D eigenvalue weighted by Crippen LogP contribution is 2.28. The Balaban J connectivity index is 1.34. The molecule has 0 saturated carbocycles. The van der Waals surface area contributed by atoms with E-state index >= 15 is 0 Å². The number of ether oxygens (including phenoxy) is 1. The standard InChI is InChI=1S/C24H31N3O2/c1-19(27-15-13-26(14-16-27)18-21-10-7-17-29-21)24(28)25-23-12-6-5-11-22(23)20-8-3-2-4-9-20/h2-6,8-9,11-12,19,21H,7,10,13-18H2,1H3,(H,25,28)/t19-,21-/m0/s1. The van der Waals surface area contributed by atoms with E-state index in [0.717, 1.165) is 56.1 Å². The number of anilines is 1. The van der Waals surface area contributed by atoms with E-state index in [1.165, 1.54) is 12.8 Å². The van der Waals surface area contributed by atoms with E-state index in [2.05, 4.69) is 33.3 Å². The lowest BCUT2D eigenvalue weighted by Gasteiger charge is -2.38. The van der Waals surface area contributed by atoms with Crippen LogP contribution in [0.15, 0.2) is 54.6 Å². The maximum Gasteiger partial charge on any atom is 0.241 e. The topological polar surface area (TPSA) is 44.8 Å². The Morgan fingerprint density at radius 3 is 2.52 bits per heavy atom. The van der Waals surface area contributed by atoms with Crippen molar-refractivity contribution in [1.29, 1.82) is 0 Å². The minimum Gasteiger partial charge on any atom is -0.377 e. The Labute approximate surface area is 173 Å². The summed E-state index contributed by atoms with van der Waals surface area (Å²) in [7, 11) is 0. The first-order chi connectivity index (χ1) is 14.2. The van der Waals surface area contributed by atoms with Crippen molar-refractivity contribution < 1.29 is 9.53 Å². The third-order valence-electron chi connectivity index (χ3n) is 6.09. The van der Waals surface area contributed by atoms with E-state index in [4.69, 9.17) is 4.74 Å². The molecule has 0 unspecified atom stereocenters. The molecule has 2 aromatic rings. The van der Waals surface area contributed by atoms with Gasteiger partial charge < -0.3 is 10.1 Å². The molecule has 1 amide bonds. The van der Waals surface area contributed by atoms with Gasteiger partial charge in [0.25, 0.3) is 0 Å². The van der Waals surface area contributed by atoms with Crippen LogP contribution in [0.25, 0.3) is 11.1 Å². The fourth-order valence-corrected chi connectivity index (χ4v) is 4.27. The number of rotatable bonds is 6. The number of nitrogens with one attached hydrogen (secondary N) is 1. The molecular formula is C24H31N3O2. The van der Waals surface area contributed by atoms with Gasteiger partial charge in [-0.05, 0) is 31.4 Å². The molecule has 0 aromatic heterocycles. The van der Waals surface area contributed by atoms with Crippen LogP contribution < -0.4 is 5.32 Å². The summed E-state index contributed by atoms with van der Waals surface area (Å²) in [4.78, 5) is 17.7. The fourth-order valence-electron chi connectivity index (χ4n) is 4.27. The number of nitrogens with zero attached hydrogens (tertiary/aromatic N) is 2. The Bertz CT molecular complexity index is 797. The maximum absolute atomic E-state index is 13.0. The third-order valence-corrected chi connectivity index (χ3v) is 6.09. The summed E-state index contributed by atoms with van der Waals surface area (Å²) in [5, 5.41) is 3.16. The molecule has 2 heterocycles. The van der Waals surface area contributed by atoms with E-state index in [9.17, 15) is 4.79 Å². The summed E-state index contributed by atoms with van der Waals surface area (Å²) in [5.41, 5.74) is 3.03. The normalized spacial score (nSPS) is 21.8. The summed E-state index contributed by atoms with van der Waals surface area (Å²) in [6.07, 6.45) is 2.77. The first-order valence-electron chi connectivity index (χ1n) is 10.7. The molecule has 5 nitrogen and oxygen atoms in total. The van der Waals surface area contributed by atoms with Crippen molar-refractivity contribution >= 4 is 11.6 Å².